The predicted octanol–water partition coefficient (Wildman–Crippen LogP) is 1.79. The third kappa shape index (κ3) is 4.02. The molecule has 1 aliphatic heterocycles. The summed E-state index contributed by atoms with van der Waals surface area (Å²) in [5.74, 6) is 0.850. The molecular formula is C14H22ClN3O2. The fourth-order valence-electron chi connectivity index (χ4n) is 2.11. The van der Waals surface area contributed by atoms with Crippen LogP contribution < -0.4 is 4.74 Å². The van der Waals surface area contributed by atoms with Crippen LogP contribution in [0, 0.1) is 0 Å². The number of hydrazone groups is 1. The molecule has 1 heterocycles. The van der Waals surface area contributed by atoms with Crippen molar-refractivity contribution in [3.63, 3.8) is 0 Å². The van der Waals surface area contributed by atoms with Crippen LogP contribution in [0.2, 0.25) is 0 Å². The van der Waals surface area contributed by atoms with Crippen LogP contribution in [-0.4, -0.2) is 61.1 Å². The van der Waals surface area contributed by atoms with Crippen molar-refractivity contribution in [3.8, 4) is 11.5 Å². The van der Waals surface area contributed by atoms with Crippen LogP contribution in [0.3, 0.4) is 0 Å². The summed E-state index contributed by atoms with van der Waals surface area (Å²) < 4.78 is 5.08. The molecule has 1 fully saturated rings. The molecule has 1 aromatic rings. The second-order valence-corrected chi connectivity index (χ2v) is 4.83. The number of halogens is 1. The molecule has 6 heteroatoms. The van der Waals surface area contributed by atoms with Gasteiger partial charge in [-0.25, -0.2) is 0 Å². The lowest BCUT2D eigenvalue weighted by Crippen LogP contribution is -2.42. The summed E-state index contributed by atoms with van der Waals surface area (Å²) in [6.45, 7) is 5.80. The van der Waals surface area contributed by atoms with Crippen LogP contribution >= 0.6 is 12.4 Å². The zero-order valence-electron chi connectivity index (χ0n) is 12.2. The number of phenols is 1. The fraction of sp³-hybridized carbons (Fsp3) is 0.500. The number of phenolic OH excluding ortho intramolecular Hbond substituents is 1. The van der Waals surface area contributed by atoms with Crippen molar-refractivity contribution in [2.45, 2.75) is 6.92 Å². The van der Waals surface area contributed by atoms with Crippen molar-refractivity contribution in [1.29, 1.82) is 0 Å². The molecule has 0 saturated carbocycles. The molecule has 112 valence electrons. The second-order valence-electron chi connectivity index (χ2n) is 4.83. The van der Waals surface area contributed by atoms with Gasteiger partial charge in [-0.1, -0.05) is 0 Å². The number of rotatable bonds is 3. The van der Waals surface area contributed by atoms with E-state index in [4.69, 9.17) is 4.74 Å². The number of benzene rings is 1. The Bertz CT molecular complexity index is 471. The van der Waals surface area contributed by atoms with E-state index in [9.17, 15) is 5.11 Å². The van der Waals surface area contributed by atoms with E-state index in [0.29, 0.717) is 5.75 Å². The quantitative estimate of drug-likeness (QED) is 0.865. The van der Waals surface area contributed by atoms with Gasteiger partial charge < -0.3 is 14.7 Å². The Labute approximate surface area is 126 Å². The molecule has 2 rings (SSSR count). The van der Waals surface area contributed by atoms with E-state index in [2.05, 4.69) is 22.1 Å². The highest BCUT2D eigenvalue weighted by atomic mass is 35.5. The summed E-state index contributed by atoms with van der Waals surface area (Å²) in [6, 6.07) is 5.28. The van der Waals surface area contributed by atoms with Crippen LogP contribution in [0.4, 0.5) is 0 Å². The van der Waals surface area contributed by atoms with Crippen LogP contribution in [0.1, 0.15) is 12.5 Å². The number of likely N-dealkylation sites (N-methyl/N-ethyl adjacent to an activating group) is 1. The number of hydrogen-bond donors (Lipinski definition) is 1. The maximum Gasteiger partial charge on any atom is 0.128 e. The van der Waals surface area contributed by atoms with Crippen LogP contribution in [0.5, 0.6) is 11.5 Å². The first kappa shape index (κ1) is 16.6. The van der Waals surface area contributed by atoms with E-state index in [-0.39, 0.29) is 18.2 Å². The molecule has 5 nitrogen and oxygen atoms in total. The molecule has 20 heavy (non-hydrogen) atoms. The molecule has 0 spiro atoms. The highest BCUT2D eigenvalue weighted by Crippen LogP contribution is 2.24. The Morgan fingerprint density at radius 2 is 1.90 bits per heavy atom. The molecule has 1 saturated heterocycles. The zero-order chi connectivity index (χ0) is 13.8. The van der Waals surface area contributed by atoms with Gasteiger partial charge in [-0.15, -0.1) is 12.4 Å². The van der Waals surface area contributed by atoms with Gasteiger partial charge in [0.1, 0.15) is 11.5 Å². The van der Waals surface area contributed by atoms with E-state index in [0.717, 1.165) is 37.5 Å². The van der Waals surface area contributed by atoms with E-state index >= 15 is 0 Å². The normalized spacial score (nSPS) is 16.8. The molecule has 1 aliphatic rings. The molecule has 0 aromatic heterocycles. The third-order valence-corrected chi connectivity index (χ3v) is 3.37. The number of ether oxygens (including phenoxy) is 1. The largest absolute Gasteiger partial charge is 0.507 e. The van der Waals surface area contributed by atoms with E-state index in [1.165, 1.54) is 0 Å². The lowest BCUT2D eigenvalue weighted by atomic mass is 10.1. The first-order valence-corrected chi connectivity index (χ1v) is 6.46. The number of piperazine rings is 1. The predicted molar refractivity (Wildman–Crippen MR) is 83.2 cm³/mol. The Hall–Kier alpha value is -1.46. The zero-order valence-corrected chi connectivity index (χ0v) is 13.0. The summed E-state index contributed by atoms with van der Waals surface area (Å²) in [6.07, 6.45) is 0. The lowest BCUT2D eigenvalue weighted by molar-refractivity contribution is 0.159. The fourth-order valence-corrected chi connectivity index (χ4v) is 2.11. The average molecular weight is 300 g/mol. The molecule has 0 aliphatic carbocycles. The minimum absolute atomic E-state index is 0. The molecule has 0 atom stereocenters. The summed E-state index contributed by atoms with van der Waals surface area (Å²) in [5.41, 5.74) is 1.57. The smallest absolute Gasteiger partial charge is 0.128 e. The number of hydrogen-bond acceptors (Lipinski definition) is 5. The first-order valence-electron chi connectivity index (χ1n) is 6.46. The van der Waals surface area contributed by atoms with Crippen molar-refractivity contribution in [3.05, 3.63) is 23.8 Å². The number of aromatic hydroxyl groups is 1. The summed E-state index contributed by atoms with van der Waals surface area (Å²) in [7, 11) is 3.70. The minimum Gasteiger partial charge on any atom is -0.507 e. The Morgan fingerprint density at radius 1 is 1.25 bits per heavy atom. The SMILES string of the molecule is COc1ccc(/C(C)=N/N2CCN(C)CC2)c(O)c1.Cl. The molecular weight excluding hydrogens is 278 g/mol. The standard InChI is InChI=1S/C14H21N3O2.ClH/c1-11(15-17-8-6-16(2)7-9-17)13-5-4-12(19-3)10-14(13)18;/h4-5,10,18H,6-9H2,1-3H3;1H/b15-11+;. The molecule has 1 N–H and O–H groups in total. The van der Waals surface area contributed by atoms with Gasteiger partial charge in [-0.3, -0.25) is 5.01 Å². The van der Waals surface area contributed by atoms with Gasteiger partial charge in [0, 0.05) is 37.8 Å². The maximum absolute atomic E-state index is 9.98. The molecule has 0 bridgehead atoms. The van der Waals surface area contributed by atoms with Gasteiger partial charge >= 0.3 is 0 Å². The first-order chi connectivity index (χ1) is 9.10. The molecule has 0 radical (unpaired) electrons. The van der Waals surface area contributed by atoms with Crippen LogP contribution in [-0.2, 0) is 0 Å². The van der Waals surface area contributed by atoms with Crippen molar-refractivity contribution < 1.29 is 9.84 Å². The average Bonchev–Trinajstić information content (AvgIpc) is 2.41. The van der Waals surface area contributed by atoms with Gasteiger partial charge in [0.05, 0.1) is 12.8 Å². The lowest BCUT2D eigenvalue weighted by Gasteiger charge is -2.30. The molecule has 0 amide bonds. The van der Waals surface area contributed by atoms with Crippen LogP contribution in [0.15, 0.2) is 23.3 Å². The van der Waals surface area contributed by atoms with E-state index in [1.54, 1.807) is 13.2 Å². The van der Waals surface area contributed by atoms with Gasteiger partial charge in [0.2, 0.25) is 0 Å². The third-order valence-electron chi connectivity index (χ3n) is 3.37. The molecule has 1 aromatic carbocycles. The summed E-state index contributed by atoms with van der Waals surface area (Å²) in [5, 5.41) is 16.6. The van der Waals surface area contributed by atoms with Crippen molar-refractivity contribution in [1.82, 2.24) is 9.91 Å². The summed E-state index contributed by atoms with van der Waals surface area (Å²) >= 11 is 0. The topological polar surface area (TPSA) is 48.3 Å². The van der Waals surface area contributed by atoms with Gasteiger partial charge in [-0.2, -0.15) is 5.10 Å². The van der Waals surface area contributed by atoms with Gasteiger partial charge in [0.15, 0.2) is 0 Å². The Balaban J connectivity index is 0.00000200. The Kier molecular flexibility index (Phi) is 6.10. The second kappa shape index (κ2) is 7.36. The van der Waals surface area contributed by atoms with E-state index in [1.807, 2.05) is 19.1 Å². The van der Waals surface area contributed by atoms with Crippen molar-refractivity contribution in [2.24, 2.45) is 5.10 Å². The van der Waals surface area contributed by atoms with Crippen molar-refractivity contribution >= 4 is 18.1 Å². The van der Waals surface area contributed by atoms with Crippen LogP contribution in [0.25, 0.3) is 0 Å². The number of methoxy groups -OCH3 is 1. The van der Waals surface area contributed by atoms with Crippen molar-refractivity contribution in [2.75, 3.05) is 40.3 Å². The number of nitrogens with zero attached hydrogens (tertiary/aromatic N) is 3. The monoisotopic (exact) mass is 299 g/mol. The van der Waals surface area contributed by atoms with Gasteiger partial charge in [-0.05, 0) is 26.1 Å². The molecule has 0 unspecified atom stereocenters. The van der Waals surface area contributed by atoms with E-state index < -0.39 is 0 Å². The highest BCUT2D eigenvalue weighted by molar-refractivity contribution is 6.01. The Morgan fingerprint density at radius 3 is 2.45 bits per heavy atom. The summed E-state index contributed by atoms with van der Waals surface area (Å²) in [4.78, 5) is 2.28. The van der Waals surface area contributed by atoms with Gasteiger partial charge in [0.25, 0.3) is 0 Å². The maximum atomic E-state index is 9.98. The minimum atomic E-state index is 0. The highest BCUT2D eigenvalue weighted by Gasteiger charge is 2.13.